The number of methoxy groups -OCH3 is 1. The molecule has 2 heteroatoms. The molecule has 0 amide bonds. The normalized spacial score (nSPS) is 12.3. The van der Waals surface area contributed by atoms with Gasteiger partial charge in [-0.15, -0.1) is 11.6 Å². The summed E-state index contributed by atoms with van der Waals surface area (Å²) in [6.07, 6.45) is 0. The van der Waals surface area contributed by atoms with Crippen LogP contribution in [0.25, 0.3) is 0 Å². The number of ether oxygens (including phenoxy) is 1. The van der Waals surface area contributed by atoms with Crippen molar-refractivity contribution in [1.82, 2.24) is 0 Å². The van der Waals surface area contributed by atoms with E-state index in [0.717, 1.165) is 22.4 Å². The third-order valence-electron chi connectivity index (χ3n) is 3.57. The van der Waals surface area contributed by atoms with Gasteiger partial charge in [-0.05, 0) is 60.7 Å². The highest BCUT2D eigenvalue weighted by molar-refractivity contribution is 6.22. The SMILES string of the molecule is COc1ccc(C(Cl)c2ccc(C)c(C)c2)c(C)c1. The van der Waals surface area contributed by atoms with Crippen molar-refractivity contribution in [3.05, 3.63) is 64.2 Å². The second-order valence-electron chi connectivity index (χ2n) is 4.93. The molecule has 2 aromatic rings. The fraction of sp³-hybridized carbons (Fsp3) is 0.294. The maximum atomic E-state index is 6.62. The van der Waals surface area contributed by atoms with Crippen LogP contribution in [0, 0.1) is 20.8 Å². The molecule has 1 unspecified atom stereocenters. The van der Waals surface area contributed by atoms with Gasteiger partial charge in [0.1, 0.15) is 5.75 Å². The Bertz CT molecular complexity index is 590. The molecule has 0 saturated heterocycles. The summed E-state index contributed by atoms with van der Waals surface area (Å²) in [5.74, 6) is 0.866. The van der Waals surface area contributed by atoms with E-state index in [4.69, 9.17) is 16.3 Å². The molecular weight excluding hydrogens is 256 g/mol. The van der Waals surface area contributed by atoms with Crippen LogP contribution in [0.2, 0.25) is 0 Å². The lowest BCUT2D eigenvalue weighted by Gasteiger charge is -2.15. The number of rotatable bonds is 3. The van der Waals surface area contributed by atoms with Crippen molar-refractivity contribution in [1.29, 1.82) is 0 Å². The van der Waals surface area contributed by atoms with Crippen molar-refractivity contribution in [2.45, 2.75) is 26.1 Å². The van der Waals surface area contributed by atoms with Crippen molar-refractivity contribution in [3.8, 4) is 5.75 Å². The van der Waals surface area contributed by atoms with E-state index in [1.807, 2.05) is 18.2 Å². The minimum absolute atomic E-state index is 0.120. The highest BCUT2D eigenvalue weighted by Gasteiger charge is 2.14. The predicted octanol–water partition coefficient (Wildman–Crippen LogP) is 4.95. The van der Waals surface area contributed by atoms with Gasteiger partial charge in [0.25, 0.3) is 0 Å². The van der Waals surface area contributed by atoms with Gasteiger partial charge in [-0.1, -0.05) is 24.3 Å². The minimum atomic E-state index is -0.120. The number of alkyl halides is 1. The van der Waals surface area contributed by atoms with E-state index >= 15 is 0 Å². The third kappa shape index (κ3) is 2.93. The Balaban J connectivity index is 2.38. The standard InChI is InChI=1S/C17H19ClO/c1-11-5-6-14(9-12(11)2)17(18)16-8-7-15(19-4)10-13(16)3/h5-10,17H,1-4H3. The van der Waals surface area contributed by atoms with Gasteiger partial charge in [0.05, 0.1) is 12.5 Å². The van der Waals surface area contributed by atoms with Gasteiger partial charge in [0.2, 0.25) is 0 Å². The number of hydrogen-bond acceptors (Lipinski definition) is 1. The molecule has 1 atom stereocenters. The Hall–Kier alpha value is -1.47. The topological polar surface area (TPSA) is 9.23 Å². The number of benzene rings is 2. The summed E-state index contributed by atoms with van der Waals surface area (Å²) in [5, 5.41) is -0.120. The van der Waals surface area contributed by atoms with Gasteiger partial charge in [-0.25, -0.2) is 0 Å². The molecule has 0 fully saturated rings. The van der Waals surface area contributed by atoms with Crippen molar-refractivity contribution in [3.63, 3.8) is 0 Å². The third-order valence-corrected chi connectivity index (χ3v) is 4.06. The molecule has 0 aliphatic carbocycles. The van der Waals surface area contributed by atoms with Crippen LogP contribution in [0.3, 0.4) is 0 Å². The largest absolute Gasteiger partial charge is 0.497 e. The molecule has 100 valence electrons. The van der Waals surface area contributed by atoms with E-state index < -0.39 is 0 Å². The first kappa shape index (κ1) is 14.0. The molecule has 0 heterocycles. The summed E-state index contributed by atoms with van der Waals surface area (Å²) < 4.78 is 5.23. The Morgan fingerprint density at radius 3 is 2.21 bits per heavy atom. The fourth-order valence-electron chi connectivity index (χ4n) is 2.16. The summed E-state index contributed by atoms with van der Waals surface area (Å²) in [5.41, 5.74) is 5.98. The molecule has 0 N–H and O–H groups in total. The zero-order chi connectivity index (χ0) is 14.0. The maximum absolute atomic E-state index is 6.62. The van der Waals surface area contributed by atoms with Crippen LogP contribution in [-0.4, -0.2) is 7.11 Å². The molecule has 0 saturated carbocycles. The fourth-order valence-corrected chi connectivity index (χ4v) is 2.54. The van der Waals surface area contributed by atoms with E-state index in [9.17, 15) is 0 Å². The summed E-state index contributed by atoms with van der Waals surface area (Å²) in [4.78, 5) is 0. The molecule has 19 heavy (non-hydrogen) atoms. The molecule has 0 aromatic heterocycles. The molecule has 1 nitrogen and oxygen atoms in total. The lowest BCUT2D eigenvalue weighted by molar-refractivity contribution is 0.414. The molecular formula is C17H19ClO. The van der Waals surface area contributed by atoms with Gasteiger partial charge in [-0.3, -0.25) is 0 Å². The second kappa shape index (κ2) is 5.66. The van der Waals surface area contributed by atoms with E-state index in [-0.39, 0.29) is 5.38 Å². The second-order valence-corrected chi connectivity index (χ2v) is 5.37. The first-order chi connectivity index (χ1) is 9.02. The summed E-state index contributed by atoms with van der Waals surface area (Å²) in [7, 11) is 1.68. The van der Waals surface area contributed by atoms with Gasteiger partial charge in [-0.2, -0.15) is 0 Å². The van der Waals surface area contributed by atoms with Crippen LogP contribution in [-0.2, 0) is 0 Å². The first-order valence-corrected chi connectivity index (χ1v) is 6.82. The van der Waals surface area contributed by atoms with Gasteiger partial charge < -0.3 is 4.74 Å². The number of aryl methyl sites for hydroxylation is 3. The zero-order valence-corrected chi connectivity index (χ0v) is 12.6. The van der Waals surface area contributed by atoms with Crippen LogP contribution in [0.5, 0.6) is 5.75 Å². The Labute approximate surface area is 120 Å². The zero-order valence-electron chi connectivity index (χ0n) is 11.8. The molecule has 0 bridgehead atoms. The van der Waals surface area contributed by atoms with Gasteiger partial charge >= 0.3 is 0 Å². The van der Waals surface area contributed by atoms with Crippen LogP contribution < -0.4 is 4.74 Å². The molecule has 0 aliphatic heterocycles. The van der Waals surface area contributed by atoms with Crippen LogP contribution in [0.1, 0.15) is 33.2 Å². The Kier molecular flexibility index (Phi) is 4.16. The van der Waals surface area contributed by atoms with Crippen molar-refractivity contribution in [2.24, 2.45) is 0 Å². The molecule has 0 aliphatic rings. The smallest absolute Gasteiger partial charge is 0.119 e. The first-order valence-electron chi connectivity index (χ1n) is 6.38. The van der Waals surface area contributed by atoms with E-state index in [1.165, 1.54) is 11.1 Å². The number of hydrogen-bond donors (Lipinski definition) is 0. The maximum Gasteiger partial charge on any atom is 0.119 e. The van der Waals surface area contributed by atoms with Crippen LogP contribution in [0.4, 0.5) is 0 Å². The van der Waals surface area contributed by atoms with E-state index in [2.05, 4.69) is 39.0 Å². The summed E-state index contributed by atoms with van der Waals surface area (Å²) in [6.45, 7) is 6.29. The Morgan fingerprint density at radius 2 is 1.63 bits per heavy atom. The van der Waals surface area contributed by atoms with Gasteiger partial charge in [0, 0.05) is 0 Å². The van der Waals surface area contributed by atoms with E-state index in [1.54, 1.807) is 7.11 Å². The van der Waals surface area contributed by atoms with Gasteiger partial charge in [0.15, 0.2) is 0 Å². The lowest BCUT2D eigenvalue weighted by atomic mass is 9.97. The monoisotopic (exact) mass is 274 g/mol. The molecule has 0 spiro atoms. The predicted molar refractivity (Wildman–Crippen MR) is 81.3 cm³/mol. The summed E-state index contributed by atoms with van der Waals surface area (Å²) in [6, 6.07) is 12.4. The van der Waals surface area contributed by atoms with Crippen molar-refractivity contribution >= 4 is 11.6 Å². The van der Waals surface area contributed by atoms with Crippen LogP contribution >= 0.6 is 11.6 Å². The molecule has 2 aromatic carbocycles. The van der Waals surface area contributed by atoms with Crippen molar-refractivity contribution in [2.75, 3.05) is 7.11 Å². The number of halogens is 1. The quantitative estimate of drug-likeness (QED) is 0.720. The van der Waals surface area contributed by atoms with E-state index in [0.29, 0.717) is 0 Å². The van der Waals surface area contributed by atoms with Crippen molar-refractivity contribution < 1.29 is 4.74 Å². The average molecular weight is 275 g/mol. The highest BCUT2D eigenvalue weighted by atomic mass is 35.5. The minimum Gasteiger partial charge on any atom is -0.497 e. The Morgan fingerprint density at radius 1 is 0.895 bits per heavy atom. The molecule has 2 rings (SSSR count). The highest BCUT2D eigenvalue weighted by Crippen LogP contribution is 2.33. The average Bonchev–Trinajstić information content (AvgIpc) is 2.41. The lowest BCUT2D eigenvalue weighted by Crippen LogP contribution is -1.98. The molecule has 0 radical (unpaired) electrons. The summed E-state index contributed by atoms with van der Waals surface area (Å²) >= 11 is 6.62. The van der Waals surface area contributed by atoms with Crippen LogP contribution in [0.15, 0.2) is 36.4 Å².